The summed E-state index contributed by atoms with van der Waals surface area (Å²) >= 11 is 0. The minimum Gasteiger partial charge on any atom is -0.493 e. The maximum atomic E-state index is 5.52. The predicted molar refractivity (Wildman–Crippen MR) is 52.7 cm³/mol. The third-order valence-electron chi connectivity index (χ3n) is 2.56. The lowest BCUT2D eigenvalue weighted by atomic mass is 10.1. The second-order valence-corrected chi connectivity index (χ2v) is 3.57. The molecule has 3 rings (SSSR count). The first-order valence-electron chi connectivity index (χ1n) is 4.97. The van der Waals surface area contributed by atoms with Crippen LogP contribution in [0.2, 0.25) is 0 Å². The third kappa shape index (κ3) is 1.51. The smallest absolute Gasteiger partial charge is 0.203 e. The Morgan fingerprint density at radius 1 is 1.27 bits per heavy atom. The van der Waals surface area contributed by atoms with Gasteiger partial charge in [-0.25, -0.2) is 0 Å². The summed E-state index contributed by atoms with van der Waals surface area (Å²) in [6.07, 6.45) is 0.203. The van der Waals surface area contributed by atoms with E-state index in [0.29, 0.717) is 19.0 Å². The predicted octanol–water partition coefficient (Wildman–Crippen LogP) is 1.54. The number of hydrogen-bond acceptors (Lipinski definition) is 4. The van der Waals surface area contributed by atoms with Crippen molar-refractivity contribution in [1.29, 1.82) is 0 Å². The zero-order valence-corrected chi connectivity index (χ0v) is 8.49. The van der Waals surface area contributed by atoms with E-state index in [-0.39, 0.29) is 6.10 Å². The van der Waals surface area contributed by atoms with Crippen LogP contribution >= 0.6 is 0 Å². The highest BCUT2D eigenvalue weighted by Crippen LogP contribution is 2.44. The van der Waals surface area contributed by atoms with Crippen LogP contribution < -0.4 is 14.2 Å². The fourth-order valence-electron chi connectivity index (χ4n) is 1.72. The standard InChI is InChI=1S/C11H12O4/c1-12-8-4-7(10-6-15-10)5-9-11(8)14-3-2-13-9/h4-5,10H,2-3,6H2,1H3/t10-/m0/s1. The lowest BCUT2D eigenvalue weighted by molar-refractivity contribution is 0.164. The number of ether oxygens (including phenoxy) is 4. The molecule has 1 saturated heterocycles. The van der Waals surface area contributed by atoms with Gasteiger partial charge in [0.25, 0.3) is 0 Å². The number of rotatable bonds is 2. The lowest BCUT2D eigenvalue weighted by Gasteiger charge is -2.21. The van der Waals surface area contributed by atoms with Crippen molar-refractivity contribution in [3.63, 3.8) is 0 Å². The molecule has 4 heteroatoms. The van der Waals surface area contributed by atoms with E-state index in [9.17, 15) is 0 Å². The minimum atomic E-state index is 0.203. The van der Waals surface area contributed by atoms with Crippen molar-refractivity contribution in [2.24, 2.45) is 0 Å². The van der Waals surface area contributed by atoms with Crippen molar-refractivity contribution in [3.8, 4) is 17.2 Å². The van der Waals surface area contributed by atoms with E-state index in [1.165, 1.54) is 0 Å². The van der Waals surface area contributed by atoms with Crippen molar-refractivity contribution in [3.05, 3.63) is 17.7 Å². The normalized spacial score (nSPS) is 22.3. The summed E-state index contributed by atoms with van der Waals surface area (Å²) in [5.41, 5.74) is 1.09. The molecule has 15 heavy (non-hydrogen) atoms. The van der Waals surface area contributed by atoms with E-state index in [0.717, 1.165) is 23.7 Å². The van der Waals surface area contributed by atoms with Crippen molar-refractivity contribution in [2.75, 3.05) is 26.9 Å². The van der Waals surface area contributed by atoms with Crippen LogP contribution in [-0.2, 0) is 4.74 Å². The highest BCUT2D eigenvalue weighted by Gasteiger charge is 2.28. The van der Waals surface area contributed by atoms with E-state index in [1.54, 1.807) is 7.11 Å². The summed E-state index contributed by atoms with van der Waals surface area (Å²) in [4.78, 5) is 0. The molecule has 2 aliphatic rings. The molecule has 0 spiro atoms. The first kappa shape index (κ1) is 8.85. The topological polar surface area (TPSA) is 40.2 Å². The molecule has 0 N–H and O–H groups in total. The molecule has 0 amide bonds. The Hall–Kier alpha value is -1.42. The fraction of sp³-hybridized carbons (Fsp3) is 0.455. The van der Waals surface area contributed by atoms with Crippen LogP contribution in [0.3, 0.4) is 0 Å². The van der Waals surface area contributed by atoms with Gasteiger partial charge in [-0.15, -0.1) is 0 Å². The molecule has 2 heterocycles. The zero-order valence-electron chi connectivity index (χ0n) is 8.49. The van der Waals surface area contributed by atoms with Gasteiger partial charge in [0.15, 0.2) is 11.5 Å². The molecule has 1 atom stereocenters. The van der Waals surface area contributed by atoms with Crippen LogP contribution in [0.25, 0.3) is 0 Å². The molecule has 80 valence electrons. The van der Waals surface area contributed by atoms with Gasteiger partial charge in [-0.05, 0) is 17.7 Å². The molecule has 0 saturated carbocycles. The van der Waals surface area contributed by atoms with Crippen molar-refractivity contribution in [1.82, 2.24) is 0 Å². The molecular formula is C11H12O4. The molecule has 1 aromatic rings. The van der Waals surface area contributed by atoms with Crippen LogP contribution in [0.1, 0.15) is 11.7 Å². The van der Waals surface area contributed by atoms with E-state index in [2.05, 4.69) is 0 Å². The second-order valence-electron chi connectivity index (χ2n) is 3.57. The van der Waals surface area contributed by atoms with Crippen LogP contribution in [0.5, 0.6) is 17.2 Å². The molecule has 0 unspecified atom stereocenters. The highest BCUT2D eigenvalue weighted by atomic mass is 16.6. The largest absolute Gasteiger partial charge is 0.493 e. The molecule has 4 nitrogen and oxygen atoms in total. The number of benzene rings is 1. The van der Waals surface area contributed by atoms with Gasteiger partial charge in [0.1, 0.15) is 19.3 Å². The number of hydrogen-bond donors (Lipinski definition) is 0. The summed E-state index contributed by atoms with van der Waals surface area (Å²) in [5, 5.41) is 0. The maximum Gasteiger partial charge on any atom is 0.203 e. The summed E-state index contributed by atoms with van der Waals surface area (Å²) in [7, 11) is 1.63. The summed E-state index contributed by atoms with van der Waals surface area (Å²) in [6, 6.07) is 3.92. The Bertz CT molecular complexity index is 367. The van der Waals surface area contributed by atoms with Gasteiger partial charge >= 0.3 is 0 Å². The second kappa shape index (κ2) is 3.31. The first-order chi connectivity index (χ1) is 7.38. The van der Waals surface area contributed by atoms with Crippen LogP contribution in [0.15, 0.2) is 12.1 Å². The fourth-order valence-corrected chi connectivity index (χ4v) is 1.72. The molecule has 2 aliphatic heterocycles. The maximum absolute atomic E-state index is 5.52. The van der Waals surface area contributed by atoms with Crippen LogP contribution in [0, 0.1) is 0 Å². The monoisotopic (exact) mass is 208 g/mol. The van der Waals surface area contributed by atoms with E-state index in [4.69, 9.17) is 18.9 Å². The Labute approximate surface area is 87.7 Å². The quantitative estimate of drug-likeness (QED) is 0.691. The Morgan fingerprint density at radius 2 is 2.07 bits per heavy atom. The zero-order chi connectivity index (χ0) is 10.3. The SMILES string of the molecule is COc1cc([C@@H]2CO2)cc2c1OCCO2. The van der Waals surface area contributed by atoms with Crippen LogP contribution in [0.4, 0.5) is 0 Å². The Morgan fingerprint density at radius 3 is 2.80 bits per heavy atom. The van der Waals surface area contributed by atoms with Crippen molar-refractivity contribution in [2.45, 2.75) is 6.10 Å². The van der Waals surface area contributed by atoms with E-state index >= 15 is 0 Å². The van der Waals surface area contributed by atoms with Gasteiger partial charge < -0.3 is 18.9 Å². The molecular weight excluding hydrogens is 196 g/mol. The molecule has 0 bridgehead atoms. The van der Waals surface area contributed by atoms with Gasteiger partial charge in [0, 0.05) is 0 Å². The highest BCUT2D eigenvalue weighted by molar-refractivity contribution is 5.55. The van der Waals surface area contributed by atoms with Crippen molar-refractivity contribution >= 4 is 0 Å². The average molecular weight is 208 g/mol. The molecule has 0 aliphatic carbocycles. The molecule has 0 radical (unpaired) electrons. The third-order valence-corrected chi connectivity index (χ3v) is 2.56. The van der Waals surface area contributed by atoms with Gasteiger partial charge in [-0.2, -0.15) is 0 Å². The molecule has 0 aromatic heterocycles. The molecule has 1 aromatic carbocycles. The number of methoxy groups -OCH3 is 1. The Balaban J connectivity index is 2.06. The summed E-state index contributed by atoms with van der Waals surface area (Å²) < 4.78 is 21.5. The summed E-state index contributed by atoms with van der Waals surface area (Å²) in [5.74, 6) is 2.18. The molecule has 1 fully saturated rings. The summed E-state index contributed by atoms with van der Waals surface area (Å²) in [6.45, 7) is 1.94. The van der Waals surface area contributed by atoms with Gasteiger partial charge in [0.2, 0.25) is 5.75 Å². The average Bonchev–Trinajstić information content (AvgIpc) is 3.11. The van der Waals surface area contributed by atoms with Gasteiger partial charge in [-0.3, -0.25) is 0 Å². The van der Waals surface area contributed by atoms with Crippen molar-refractivity contribution < 1.29 is 18.9 Å². The van der Waals surface area contributed by atoms with Gasteiger partial charge in [0.05, 0.1) is 13.7 Å². The van der Waals surface area contributed by atoms with Gasteiger partial charge in [-0.1, -0.05) is 0 Å². The number of fused-ring (bicyclic) bond motifs is 1. The Kier molecular flexibility index (Phi) is 1.95. The number of epoxide rings is 1. The van der Waals surface area contributed by atoms with Crippen LogP contribution in [-0.4, -0.2) is 26.9 Å². The van der Waals surface area contributed by atoms with E-state index in [1.807, 2.05) is 12.1 Å². The minimum absolute atomic E-state index is 0.203. The first-order valence-corrected chi connectivity index (χ1v) is 4.97. The van der Waals surface area contributed by atoms with E-state index < -0.39 is 0 Å². The lowest BCUT2D eigenvalue weighted by Crippen LogP contribution is -2.16.